The number of benzene rings is 1. The van der Waals surface area contributed by atoms with Gasteiger partial charge in [-0.3, -0.25) is 9.59 Å². The van der Waals surface area contributed by atoms with Crippen LogP contribution in [-0.4, -0.2) is 34.8 Å². The van der Waals surface area contributed by atoms with Gasteiger partial charge in [0.1, 0.15) is 11.6 Å². The molecule has 1 N–H and O–H groups in total. The summed E-state index contributed by atoms with van der Waals surface area (Å²) >= 11 is 0. The Morgan fingerprint density at radius 1 is 1.32 bits per heavy atom. The summed E-state index contributed by atoms with van der Waals surface area (Å²) in [6.07, 6.45) is 2.49. The van der Waals surface area contributed by atoms with Crippen LogP contribution >= 0.6 is 0 Å². The number of nitrogens with one attached hydrogen (secondary N) is 1. The first kappa shape index (κ1) is 17.1. The molecule has 3 rings (SSSR count). The van der Waals surface area contributed by atoms with E-state index in [0.717, 1.165) is 11.1 Å². The minimum Gasteiger partial charge on any atom is -0.342 e. The van der Waals surface area contributed by atoms with E-state index in [1.807, 2.05) is 13.0 Å². The topological polar surface area (TPSA) is 62.3 Å². The predicted molar refractivity (Wildman–Crippen MR) is 92.4 cm³/mol. The van der Waals surface area contributed by atoms with Crippen molar-refractivity contribution in [2.45, 2.75) is 19.8 Å². The second-order valence-corrected chi connectivity index (χ2v) is 6.32. The molecule has 2 amide bonds. The van der Waals surface area contributed by atoms with Crippen molar-refractivity contribution in [2.75, 3.05) is 18.4 Å². The van der Waals surface area contributed by atoms with Gasteiger partial charge >= 0.3 is 0 Å². The lowest BCUT2D eigenvalue weighted by atomic mass is 10.1. The molecule has 1 saturated heterocycles. The van der Waals surface area contributed by atoms with Gasteiger partial charge in [0, 0.05) is 25.7 Å². The van der Waals surface area contributed by atoms with E-state index < -0.39 is 0 Å². The summed E-state index contributed by atoms with van der Waals surface area (Å²) < 4.78 is 12.9. The van der Waals surface area contributed by atoms with E-state index in [-0.39, 0.29) is 30.0 Å². The molecule has 1 fully saturated rings. The molecule has 1 aliphatic heterocycles. The number of hydrogen-bond donors (Lipinski definition) is 1. The second-order valence-electron chi connectivity index (χ2n) is 6.32. The third-order valence-corrected chi connectivity index (χ3v) is 4.34. The average molecular weight is 341 g/mol. The number of likely N-dealkylation sites (tertiary alicyclic amines) is 1. The number of aryl methyl sites for hydroxylation is 1. The molecule has 0 saturated carbocycles. The average Bonchev–Trinajstić information content (AvgIpc) is 2.95. The molecule has 1 aliphatic rings. The number of hydrogen-bond acceptors (Lipinski definition) is 3. The van der Waals surface area contributed by atoms with E-state index in [0.29, 0.717) is 25.3 Å². The Kier molecular flexibility index (Phi) is 5.07. The van der Waals surface area contributed by atoms with Crippen LogP contribution in [0, 0.1) is 18.7 Å². The number of carbonyl (C=O) groups is 2. The van der Waals surface area contributed by atoms with E-state index >= 15 is 0 Å². The smallest absolute Gasteiger partial charge is 0.230 e. The van der Waals surface area contributed by atoms with Gasteiger partial charge in [-0.15, -0.1) is 0 Å². The van der Waals surface area contributed by atoms with Gasteiger partial charge in [0.2, 0.25) is 11.8 Å². The van der Waals surface area contributed by atoms with Gasteiger partial charge in [-0.05, 0) is 48.7 Å². The zero-order chi connectivity index (χ0) is 17.8. The highest BCUT2D eigenvalue weighted by Crippen LogP contribution is 2.20. The molecule has 0 spiro atoms. The zero-order valence-electron chi connectivity index (χ0n) is 14.0. The Hall–Kier alpha value is -2.76. The van der Waals surface area contributed by atoms with Gasteiger partial charge in [0.25, 0.3) is 0 Å². The third kappa shape index (κ3) is 4.41. The molecule has 2 heterocycles. The normalized spacial score (nSPS) is 17.0. The number of amides is 2. The number of aromatic nitrogens is 1. The van der Waals surface area contributed by atoms with Gasteiger partial charge in [-0.1, -0.05) is 12.1 Å². The Labute approximate surface area is 145 Å². The molecule has 0 unspecified atom stereocenters. The molecule has 5 nitrogen and oxygen atoms in total. The van der Waals surface area contributed by atoms with E-state index in [1.54, 1.807) is 29.3 Å². The zero-order valence-corrected chi connectivity index (χ0v) is 14.0. The van der Waals surface area contributed by atoms with E-state index in [2.05, 4.69) is 10.3 Å². The van der Waals surface area contributed by atoms with E-state index in [9.17, 15) is 14.0 Å². The molecule has 1 aromatic carbocycles. The van der Waals surface area contributed by atoms with Gasteiger partial charge < -0.3 is 10.2 Å². The van der Waals surface area contributed by atoms with Crippen molar-refractivity contribution < 1.29 is 14.0 Å². The molecule has 2 aromatic rings. The van der Waals surface area contributed by atoms with Crippen molar-refractivity contribution in [3.63, 3.8) is 0 Å². The SMILES string of the molecule is Cc1ccnc(NC(=O)[C@@H]2CC(=O)N(CCc3ccc(F)cc3)C2)c1. The van der Waals surface area contributed by atoms with Crippen molar-refractivity contribution in [2.24, 2.45) is 5.92 Å². The first-order valence-corrected chi connectivity index (χ1v) is 8.27. The van der Waals surface area contributed by atoms with Crippen LogP contribution in [0.5, 0.6) is 0 Å². The highest BCUT2D eigenvalue weighted by atomic mass is 19.1. The Bertz CT molecular complexity index is 776. The van der Waals surface area contributed by atoms with Crippen LogP contribution in [0.3, 0.4) is 0 Å². The van der Waals surface area contributed by atoms with Crippen molar-refractivity contribution >= 4 is 17.6 Å². The maximum Gasteiger partial charge on any atom is 0.230 e. The maximum absolute atomic E-state index is 12.9. The minimum atomic E-state index is -0.372. The fourth-order valence-corrected chi connectivity index (χ4v) is 2.91. The highest BCUT2D eigenvalue weighted by Gasteiger charge is 2.34. The van der Waals surface area contributed by atoms with Crippen LogP contribution < -0.4 is 5.32 Å². The first-order valence-electron chi connectivity index (χ1n) is 8.27. The summed E-state index contributed by atoms with van der Waals surface area (Å²) in [7, 11) is 0. The monoisotopic (exact) mass is 341 g/mol. The van der Waals surface area contributed by atoms with Crippen molar-refractivity contribution in [1.29, 1.82) is 0 Å². The molecule has 0 aliphatic carbocycles. The van der Waals surface area contributed by atoms with E-state index in [1.165, 1.54) is 12.1 Å². The fraction of sp³-hybridized carbons (Fsp3) is 0.316. The van der Waals surface area contributed by atoms with Gasteiger partial charge in [-0.25, -0.2) is 9.37 Å². The summed E-state index contributed by atoms with van der Waals surface area (Å²) in [5, 5.41) is 2.78. The molecule has 1 aromatic heterocycles. The lowest BCUT2D eigenvalue weighted by Gasteiger charge is -2.16. The quantitative estimate of drug-likeness (QED) is 0.909. The van der Waals surface area contributed by atoms with Gasteiger partial charge in [0.05, 0.1) is 5.92 Å². The molecule has 25 heavy (non-hydrogen) atoms. The Morgan fingerprint density at radius 2 is 2.08 bits per heavy atom. The van der Waals surface area contributed by atoms with Crippen LogP contribution in [-0.2, 0) is 16.0 Å². The number of halogens is 1. The van der Waals surface area contributed by atoms with Crippen molar-refractivity contribution in [3.8, 4) is 0 Å². The molecular formula is C19H20FN3O2. The summed E-state index contributed by atoms with van der Waals surface area (Å²) in [4.78, 5) is 30.3. The second kappa shape index (κ2) is 7.42. The predicted octanol–water partition coefficient (Wildman–Crippen LogP) is 2.56. The molecule has 0 bridgehead atoms. The number of nitrogens with zero attached hydrogens (tertiary/aromatic N) is 2. The van der Waals surface area contributed by atoms with Crippen LogP contribution in [0.4, 0.5) is 10.2 Å². The summed E-state index contributed by atoms with van der Waals surface area (Å²) in [6, 6.07) is 9.89. The summed E-state index contributed by atoms with van der Waals surface area (Å²) in [6.45, 7) is 2.85. The van der Waals surface area contributed by atoms with Crippen LogP contribution in [0.1, 0.15) is 17.5 Å². The summed E-state index contributed by atoms with van der Waals surface area (Å²) in [5.74, 6) is -0.358. The Morgan fingerprint density at radius 3 is 2.80 bits per heavy atom. The van der Waals surface area contributed by atoms with E-state index in [4.69, 9.17) is 0 Å². The summed E-state index contributed by atoms with van der Waals surface area (Å²) in [5.41, 5.74) is 1.97. The molecule has 1 atom stereocenters. The van der Waals surface area contributed by atoms with Crippen molar-refractivity contribution in [3.05, 3.63) is 59.5 Å². The molecule has 130 valence electrons. The number of anilines is 1. The fourth-order valence-electron chi connectivity index (χ4n) is 2.91. The highest BCUT2D eigenvalue weighted by molar-refractivity contribution is 5.96. The minimum absolute atomic E-state index is 0.0283. The van der Waals surface area contributed by atoms with Crippen LogP contribution in [0.15, 0.2) is 42.6 Å². The molecular weight excluding hydrogens is 321 g/mol. The third-order valence-electron chi connectivity index (χ3n) is 4.34. The van der Waals surface area contributed by atoms with Crippen molar-refractivity contribution in [1.82, 2.24) is 9.88 Å². The van der Waals surface area contributed by atoms with Crippen LogP contribution in [0.2, 0.25) is 0 Å². The number of carbonyl (C=O) groups excluding carboxylic acids is 2. The molecule has 6 heteroatoms. The van der Waals surface area contributed by atoms with Gasteiger partial charge in [0.15, 0.2) is 0 Å². The van der Waals surface area contributed by atoms with Crippen LogP contribution in [0.25, 0.3) is 0 Å². The van der Waals surface area contributed by atoms with Gasteiger partial charge in [-0.2, -0.15) is 0 Å². The molecule has 0 radical (unpaired) electrons. The lowest BCUT2D eigenvalue weighted by molar-refractivity contribution is -0.128. The number of rotatable bonds is 5. The number of pyridine rings is 1. The Balaban J connectivity index is 1.54. The lowest BCUT2D eigenvalue weighted by Crippen LogP contribution is -2.30. The maximum atomic E-state index is 12.9. The standard InChI is InChI=1S/C19H20FN3O2/c1-13-6-8-21-17(10-13)22-19(25)15-11-18(24)23(12-15)9-7-14-2-4-16(20)5-3-14/h2-6,8,10,15H,7,9,11-12H2,1H3,(H,21,22,25)/t15-/m1/s1. The first-order chi connectivity index (χ1) is 12.0. The largest absolute Gasteiger partial charge is 0.342 e.